The fourth-order valence-corrected chi connectivity index (χ4v) is 6.60. The van der Waals surface area contributed by atoms with Crippen molar-refractivity contribution >= 4 is 6.21 Å². The second kappa shape index (κ2) is 18.2. The Morgan fingerprint density at radius 2 is 1.06 bits per heavy atom. The standard InChI is InChI=1S/C48H49NO4/c1-3-5-30-52-45-28-26-39(37-20-12-8-13-21-37)33-42(45)48(51,43-34-40(38-22-14-9-15-23-38)27-29-46(43)53-31-6-4-2)47(32-36-18-10-7-11-19-36)49-35-41-24-16-17-25-44(41)50/h7-29,33-35,47,50-51H,3-6,30-32H2,1-2H3. The predicted octanol–water partition coefficient (Wildman–Crippen LogP) is 11.1. The third kappa shape index (κ3) is 9.05. The van der Waals surface area contributed by atoms with Gasteiger partial charge in [-0.15, -0.1) is 0 Å². The lowest BCUT2D eigenvalue weighted by Crippen LogP contribution is -2.42. The van der Waals surface area contributed by atoms with Crippen LogP contribution in [0.3, 0.4) is 0 Å². The maximum atomic E-state index is 14.1. The highest BCUT2D eigenvalue weighted by Crippen LogP contribution is 2.47. The van der Waals surface area contributed by atoms with Crippen molar-refractivity contribution in [1.29, 1.82) is 0 Å². The zero-order valence-electron chi connectivity index (χ0n) is 30.7. The van der Waals surface area contributed by atoms with Crippen LogP contribution >= 0.6 is 0 Å². The van der Waals surface area contributed by atoms with Crippen LogP contribution in [-0.4, -0.2) is 35.7 Å². The van der Waals surface area contributed by atoms with Crippen LogP contribution in [0.25, 0.3) is 22.3 Å². The fourth-order valence-electron chi connectivity index (χ4n) is 6.60. The molecule has 1 atom stereocenters. The van der Waals surface area contributed by atoms with Gasteiger partial charge in [0.15, 0.2) is 0 Å². The summed E-state index contributed by atoms with van der Waals surface area (Å²) < 4.78 is 13.2. The van der Waals surface area contributed by atoms with E-state index in [2.05, 4.69) is 74.5 Å². The largest absolute Gasteiger partial charge is 0.507 e. The molecule has 0 aromatic heterocycles. The SMILES string of the molecule is CCCCOc1ccc(-c2ccccc2)cc1C(O)(c1cc(-c2ccccc2)ccc1OCCCC)C(Cc1ccccc1)N=Cc1ccccc1O. The van der Waals surface area contributed by atoms with Crippen molar-refractivity contribution in [1.82, 2.24) is 0 Å². The van der Waals surface area contributed by atoms with Crippen LogP contribution in [0.5, 0.6) is 17.2 Å². The summed E-state index contributed by atoms with van der Waals surface area (Å²) in [6.45, 7) is 5.27. The van der Waals surface area contributed by atoms with E-state index < -0.39 is 11.6 Å². The molecule has 0 heterocycles. The first-order chi connectivity index (χ1) is 26.0. The molecule has 1 unspecified atom stereocenters. The average Bonchev–Trinajstić information content (AvgIpc) is 3.21. The Morgan fingerprint density at radius 3 is 1.55 bits per heavy atom. The van der Waals surface area contributed by atoms with Crippen LogP contribution in [0.2, 0.25) is 0 Å². The number of nitrogens with zero attached hydrogens (tertiary/aromatic N) is 1. The van der Waals surface area contributed by atoms with Gasteiger partial charge in [-0.25, -0.2) is 0 Å². The summed E-state index contributed by atoms with van der Waals surface area (Å²) in [5.74, 6) is 1.28. The molecule has 0 saturated carbocycles. The highest BCUT2D eigenvalue weighted by Gasteiger charge is 2.45. The summed E-state index contributed by atoms with van der Waals surface area (Å²) in [5, 5.41) is 24.9. The average molecular weight is 704 g/mol. The number of benzene rings is 6. The number of phenolic OH excluding ortho intramolecular Hbond substituents is 1. The number of hydrogen-bond acceptors (Lipinski definition) is 5. The maximum Gasteiger partial charge on any atom is 0.144 e. The first-order valence-electron chi connectivity index (χ1n) is 18.7. The Kier molecular flexibility index (Phi) is 12.8. The number of rotatable bonds is 17. The number of hydrogen-bond donors (Lipinski definition) is 2. The van der Waals surface area contributed by atoms with Gasteiger partial charge >= 0.3 is 0 Å². The Morgan fingerprint density at radius 1 is 0.585 bits per heavy atom. The van der Waals surface area contributed by atoms with Crippen molar-refractivity contribution in [3.63, 3.8) is 0 Å². The number of ether oxygens (including phenoxy) is 2. The minimum absolute atomic E-state index is 0.113. The van der Waals surface area contributed by atoms with E-state index in [0.29, 0.717) is 47.8 Å². The van der Waals surface area contributed by atoms with Gasteiger partial charge in [0, 0.05) is 22.9 Å². The number of unbranched alkanes of at least 4 members (excludes halogenated alkanes) is 2. The number of phenols is 1. The van der Waals surface area contributed by atoms with Gasteiger partial charge in [0.1, 0.15) is 22.8 Å². The first kappa shape index (κ1) is 37.1. The van der Waals surface area contributed by atoms with Gasteiger partial charge in [0.2, 0.25) is 0 Å². The topological polar surface area (TPSA) is 71.3 Å². The molecular formula is C48H49NO4. The number of aliphatic imine (C=N–C) groups is 1. The van der Waals surface area contributed by atoms with Gasteiger partial charge < -0.3 is 19.7 Å². The van der Waals surface area contributed by atoms with E-state index in [9.17, 15) is 10.2 Å². The van der Waals surface area contributed by atoms with Gasteiger partial charge in [0.25, 0.3) is 0 Å². The highest BCUT2D eigenvalue weighted by molar-refractivity contribution is 5.83. The number of aliphatic hydroxyl groups is 1. The van der Waals surface area contributed by atoms with Crippen LogP contribution < -0.4 is 9.47 Å². The minimum atomic E-state index is -1.78. The first-order valence-corrected chi connectivity index (χ1v) is 18.7. The van der Waals surface area contributed by atoms with Crippen LogP contribution in [0.15, 0.2) is 157 Å². The molecule has 270 valence electrons. The van der Waals surface area contributed by atoms with Gasteiger partial charge in [-0.05, 0) is 83.5 Å². The van der Waals surface area contributed by atoms with Crippen molar-refractivity contribution in [3.8, 4) is 39.5 Å². The number of aromatic hydroxyl groups is 1. The van der Waals surface area contributed by atoms with Crippen LogP contribution in [0.4, 0.5) is 0 Å². The van der Waals surface area contributed by atoms with Crippen LogP contribution in [0.1, 0.15) is 61.8 Å². The van der Waals surface area contributed by atoms with Crippen molar-refractivity contribution < 1.29 is 19.7 Å². The summed E-state index contributed by atoms with van der Waals surface area (Å²) in [7, 11) is 0. The molecule has 2 N–H and O–H groups in total. The molecule has 0 radical (unpaired) electrons. The third-order valence-corrected chi connectivity index (χ3v) is 9.59. The molecule has 6 aromatic carbocycles. The second-order valence-electron chi connectivity index (χ2n) is 13.4. The Hall–Kier alpha value is -5.65. The Bertz CT molecular complexity index is 1960. The molecule has 0 aliphatic heterocycles. The zero-order chi connectivity index (χ0) is 36.9. The smallest absolute Gasteiger partial charge is 0.144 e. The minimum Gasteiger partial charge on any atom is -0.507 e. The van der Waals surface area contributed by atoms with Gasteiger partial charge in [-0.3, -0.25) is 4.99 Å². The molecular weight excluding hydrogens is 655 g/mol. The van der Waals surface area contributed by atoms with Crippen molar-refractivity contribution in [3.05, 3.63) is 174 Å². The lowest BCUT2D eigenvalue weighted by atomic mass is 9.75. The molecule has 5 heteroatoms. The predicted molar refractivity (Wildman–Crippen MR) is 217 cm³/mol. The molecule has 6 rings (SSSR count). The Balaban J connectivity index is 1.67. The summed E-state index contributed by atoms with van der Waals surface area (Å²) in [4.78, 5) is 5.21. The molecule has 0 spiro atoms. The normalized spacial score (nSPS) is 12.1. The van der Waals surface area contributed by atoms with E-state index in [4.69, 9.17) is 14.5 Å². The Labute approximate surface area is 314 Å². The van der Waals surface area contributed by atoms with E-state index in [1.165, 1.54) is 0 Å². The quantitative estimate of drug-likeness (QED) is 0.0733. The maximum absolute atomic E-state index is 14.1. The van der Waals surface area contributed by atoms with Gasteiger partial charge in [-0.2, -0.15) is 0 Å². The molecule has 0 aliphatic carbocycles. The molecule has 6 aromatic rings. The lowest BCUT2D eigenvalue weighted by molar-refractivity contribution is 0.0464. The molecule has 53 heavy (non-hydrogen) atoms. The molecule has 5 nitrogen and oxygen atoms in total. The van der Waals surface area contributed by atoms with Crippen molar-refractivity contribution in [2.24, 2.45) is 4.99 Å². The van der Waals surface area contributed by atoms with E-state index in [-0.39, 0.29) is 5.75 Å². The second-order valence-corrected chi connectivity index (χ2v) is 13.4. The lowest BCUT2D eigenvalue weighted by Gasteiger charge is -2.38. The molecule has 0 saturated heterocycles. The highest BCUT2D eigenvalue weighted by atomic mass is 16.5. The molecule has 0 aliphatic rings. The van der Waals surface area contributed by atoms with Crippen molar-refractivity contribution in [2.45, 2.75) is 57.6 Å². The summed E-state index contributed by atoms with van der Waals surface area (Å²) in [5.41, 5.74) is 4.89. The summed E-state index contributed by atoms with van der Waals surface area (Å²) >= 11 is 0. The summed E-state index contributed by atoms with van der Waals surface area (Å²) in [6.07, 6.45) is 5.73. The van der Waals surface area contributed by atoms with Gasteiger partial charge in [0.05, 0.1) is 19.3 Å². The summed E-state index contributed by atoms with van der Waals surface area (Å²) in [6, 6.07) is 49.0. The van der Waals surface area contributed by atoms with Crippen LogP contribution in [0, 0.1) is 0 Å². The fraction of sp³-hybridized carbons (Fsp3) is 0.229. The molecule has 0 amide bonds. The molecule has 0 bridgehead atoms. The van der Waals surface area contributed by atoms with Gasteiger partial charge in [-0.1, -0.05) is 142 Å². The van der Waals surface area contributed by atoms with Crippen LogP contribution in [-0.2, 0) is 12.0 Å². The van der Waals surface area contributed by atoms with Crippen molar-refractivity contribution in [2.75, 3.05) is 13.2 Å². The molecule has 0 fully saturated rings. The van der Waals surface area contributed by atoms with E-state index in [1.807, 2.05) is 78.9 Å². The van der Waals surface area contributed by atoms with E-state index >= 15 is 0 Å². The number of para-hydroxylation sites is 1. The third-order valence-electron chi connectivity index (χ3n) is 9.59. The van der Waals surface area contributed by atoms with E-state index in [1.54, 1.807) is 18.3 Å². The monoisotopic (exact) mass is 703 g/mol. The van der Waals surface area contributed by atoms with E-state index in [0.717, 1.165) is 53.5 Å². The zero-order valence-corrected chi connectivity index (χ0v) is 30.7.